The molecule has 0 unspecified atom stereocenters. The highest BCUT2D eigenvalue weighted by Gasteiger charge is 2.17. The minimum absolute atomic E-state index is 0.0785. The number of hydrogen-bond acceptors (Lipinski definition) is 5. The van der Waals surface area contributed by atoms with Crippen LogP contribution in [0.15, 0.2) is 29.2 Å². The second-order valence-corrected chi connectivity index (χ2v) is 6.12. The first-order valence-electron chi connectivity index (χ1n) is 6.39. The topological polar surface area (TPSA) is 69.7 Å². The molecule has 0 saturated heterocycles. The van der Waals surface area contributed by atoms with Crippen molar-refractivity contribution in [3.05, 3.63) is 29.8 Å². The first-order chi connectivity index (χ1) is 9.70. The van der Waals surface area contributed by atoms with E-state index in [4.69, 9.17) is 8.92 Å². The summed E-state index contributed by atoms with van der Waals surface area (Å²) in [5, 5.41) is 0. The highest BCUT2D eigenvalue weighted by Crippen LogP contribution is 2.14. The molecule has 0 aliphatic carbocycles. The summed E-state index contributed by atoms with van der Waals surface area (Å²) in [6.45, 7) is 6.25. The van der Waals surface area contributed by atoms with E-state index in [9.17, 15) is 13.2 Å². The summed E-state index contributed by atoms with van der Waals surface area (Å²) in [7, 11) is -3.86. The maximum absolute atomic E-state index is 12.0. The molecule has 0 radical (unpaired) electrons. The Kier molecular flexibility index (Phi) is 5.94. The Morgan fingerprint density at radius 2 is 1.62 bits per heavy atom. The zero-order valence-electron chi connectivity index (χ0n) is 12.4. The second kappa shape index (κ2) is 7.25. The van der Waals surface area contributed by atoms with Crippen molar-refractivity contribution in [1.82, 2.24) is 0 Å². The van der Waals surface area contributed by atoms with Crippen molar-refractivity contribution in [3.63, 3.8) is 0 Å². The lowest BCUT2D eigenvalue weighted by Crippen LogP contribution is -2.15. The lowest BCUT2D eigenvalue weighted by Gasteiger charge is -2.09. The first kappa shape index (κ1) is 17.2. The van der Waals surface area contributed by atoms with Gasteiger partial charge in [0, 0.05) is 6.92 Å². The number of aryl methyl sites for hydroxylation is 1. The Morgan fingerprint density at radius 3 is 2.14 bits per heavy atom. The van der Waals surface area contributed by atoms with E-state index in [1.54, 1.807) is 19.1 Å². The van der Waals surface area contributed by atoms with E-state index in [1.807, 2.05) is 6.92 Å². The van der Waals surface area contributed by atoms with E-state index in [0.29, 0.717) is 0 Å². The molecular weight excluding hydrogens is 292 g/mol. The number of hydrogen-bond donors (Lipinski definition) is 0. The molecule has 0 aliphatic heterocycles. The first-order valence-corrected chi connectivity index (χ1v) is 7.80. The van der Waals surface area contributed by atoms with Crippen LogP contribution < -0.4 is 0 Å². The minimum Gasteiger partial charge on any atom is -0.450 e. The molecule has 21 heavy (non-hydrogen) atoms. The Labute approximate surface area is 125 Å². The summed E-state index contributed by atoms with van der Waals surface area (Å²) in [5.74, 6) is 4.76. The van der Waals surface area contributed by atoms with E-state index >= 15 is 0 Å². The highest BCUT2D eigenvalue weighted by atomic mass is 32.2. The predicted molar refractivity (Wildman–Crippen MR) is 77.9 cm³/mol. The summed E-state index contributed by atoms with van der Waals surface area (Å²) in [6, 6.07) is 6.34. The Balaban J connectivity index is 2.73. The van der Waals surface area contributed by atoms with Gasteiger partial charge in [0.1, 0.15) is 6.10 Å². The average molecular weight is 310 g/mol. The van der Waals surface area contributed by atoms with Crippen LogP contribution in [-0.2, 0) is 23.8 Å². The third-order valence-corrected chi connectivity index (χ3v) is 3.80. The van der Waals surface area contributed by atoms with Crippen LogP contribution in [0.2, 0.25) is 0 Å². The molecular formula is C15H18O5S. The van der Waals surface area contributed by atoms with Gasteiger partial charge in [-0.2, -0.15) is 8.42 Å². The minimum atomic E-state index is -3.86. The molecule has 1 aromatic carbocycles. The zero-order chi connectivity index (χ0) is 16.0. The fourth-order valence-corrected chi connectivity index (χ4v) is 2.50. The molecule has 0 amide bonds. The summed E-state index contributed by atoms with van der Waals surface area (Å²) >= 11 is 0. The molecule has 0 saturated carbocycles. The highest BCUT2D eigenvalue weighted by molar-refractivity contribution is 7.86. The predicted octanol–water partition coefficient (Wildman–Crippen LogP) is 2.04. The Hall–Kier alpha value is -1.84. The van der Waals surface area contributed by atoms with Gasteiger partial charge in [0.2, 0.25) is 0 Å². The van der Waals surface area contributed by atoms with Crippen molar-refractivity contribution in [2.75, 3.05) is 0 Å². The van der Waals surface area contributed by atoms with Gasteiger partial charge in [-0.15, -0.1) is 0 Å². The SMILES string of the molecule is CC(=O)O[C@@H](C)C#C[C@@H](C)OS(=O)(=O)c1ccc(C)cc1. The lowest BCUT2D eigenvalue weighted by molar-refractivity contribution is -0.143. The van der Waals surface area contributed by atoms with Gasteiger partial charge in [-0.1, -0.05) is 29.5 Å². The van der Waals surface area contributed by atoms with Crippen LogP contribution in [0.4, 0.5) is 0 Å². The normalized spacial score (nSPS) is 13.7. The van der Waals surface area contributed by atoms with E-state index in [-0.39, 0.29) is 4.90 Å². The molecule has 0 spiro atoms. The fraction of sp³-hybridized carbons (Fsp3) is 0.400. The summed E-state index contributed by atoms with van der Waals surface area (Å²) in [4.78, 5) is 10.8. The monoisotopic (exact) mass is 310 g/mol. The molecule has 0 aromatic heterocycles. The number of carbonyl (C=O) groups is 1. The summed E-state index contributed by atoms with van der Waals surface area (Å²) in [5.41, 5.74) is 0.956. The number of carbonyl (C=O) groups excluding carboxylic acids is 1. The number of benzene rings is 1. The third-order valence-electron chi connectivity index (χ3n) is 2.41. The van der Waals surface area contributed by atoms with Crippen LogP contribution >= 0.6 is 0 Å². The van der Waals surface area contributed by atoms with Gasteiger partial charge in [-0.25, -0.2) is 0 Å². The van der Waals surface area contributed by atoms with Crippen molar-refractivity contribution in [1.29, 1.82) is 0 Å². The maximum atomic E-state index is 12.0. The molecule has 0 aliphatic rings. The largest absolute Gasteiger partial charge is 0.450 e. The van der Waals surface area contributed by atoms with Crippen LogP contribution in [0, 0.1) is 18.8 Å². The van der Waals surface area contributed by atoms with Crippen molar-refractivity contribution in [3.8, 4) is 11.8 Å². The molecule has 114 valence electrons. The van der Waals surface area contributed by atoms with Gasteiger partial charge < -0.3 is 4.74 Å². The third kappa shape index (κ3) is 5.98. The maximum Gasteiger partial charge on any atom is 0.303 e. The van der Waals surface area contributed by atoms with Crippen molar-refractivity contribution < 1.29 is 22.1 Å². The van der Waals surface area contributed by atoms with Gasteiger partial charge >= 0.3 is 5.97 Å². The molecule has 5 nitrogen and oxygen atoms in total. The fourth-order valence-electron chi connectivity index (χ4n) is 1.49. The van der Waals surface area contributed by atoms with Crippen LogP contribution in [0.1, 0.15) is 26.3 Å². The van der Waals surface area contributed by atoms with Crippen LogP contribution in [0.3, 0.4) is 0 Å². The van der Waals surface area contributed by atoms with Gasteiger partial charge in [-0.05, 0) is 32.9 Å². The van der Waals surface area contributed by atoms with Gasteiger partial charge in [-0.3, -0.25) is 8.98 Å². The number of rotatable bonds is 4. The zero-order valence-corrected chi connectivity index (χ0v) is 13.2. The van der Waals surface area contributed by atoms with E-state index < -0.39 is 28.3 Å². The van der Waals surface area contributed by atoms with E-state index in [0.717, 1.165) is 5.56 Å². The van der Waals surface area contributed by atoms with Crippen LogP contribution in [0.25, 0.3) is 0 Å². The van der Waals surface area contributed by atoms with Gasteiger partial charge in [0.05, 0.1) is 4.90 Å². The standard InChI is InChI=1S/C15H18O5S/c1-11-5-9-15(10-6-11)21(17,18)20-13(3)8-7-12(2)19-14(4)16/h5-6,9-10,12-13H,1-4H3/t12-,13+/m0/s1. The molecule has 1 aromatic rings. The van der Waals surface area contributed by atoms with Crippen molar-refractivity contribution >= 4 is 16.1 Å². The number of ether oxygens (including phenoxy) is 1. The van der Waals surface area contributed by atoms with Crippen molar-refractivity contribution in [2.45, 2.75) is 44.8 Å². The Morgan fingerprint density at radius 1 is 1.10 bits per heavy atom. The summed E-state index contributed by atoms with van der Waals surface area (Å²) < 4.78 is 33.8. The molecule has 2 atom stereocenters. The van der Waals surface area contributed by atoms with Crippen molar-refractivity contribution in [2.24, 2.45) is 0 Å². The van der Waals surface area contributed by atoms with Crippen LogP contribution in [0.5, 0.6) is 0 Å². The molecule has 0 N–H and O–H groups in total. The lowest BCUT2D eigenvalue weighted by atomic mass is 10.2. The smallest absolute Gasteiger partial charge is 0.303 e. The molecule has 1 rings (SSSR count). The molecule has 6 heteroatoms. The van der Waals surface area contributed by atoms with Crippen LogP contribution in [-0.4, -0.2) is 26.6 Å². The van der Waals surface area contributed by atoms with Gasteiger partial charge in [0.25, 0.3) is 10.1 Å². The Bertz CT molecular complexity index is 650. The van der Waals surface area contributed by atoms with Gasteiger partial charge in [0.15, 0.2) is 6.10 Å². The number of esters is 1. The molecule has 0 heterocycles. The summed E-state index contributed by atoms with van der Waals surface area (Å²) in [6.07, 6.45) is -1.45. The average Bonchev–Trinajstić information content (AvgIpc) is 2.35. The van der Waals surface area contributed by atoms with E-state index in [1.165, 1.54) is 26.0 Å². The quantitative estimate of drug-likeness (QED) is 0.483. The van der Waals surface area contributed by atoms with E-state index in [2.05, 4.69) is 11.8 Å². The second-order valence-electron chi connectivity index (χ2n) is 4.55. The molecule has 0 fully saturated rings. The molecule has 0 bridgehead atoms.